The molecule has 2 aliphatic heterocycles. The summed E-state index contributed by atoms with van der Waals surface area (Å²) in [6.07, 6.45) is 16.8. The van der Waals surface area contributed by atoms with Gasteiger partial charge < -0.3 is 14.6 Å². The Labute approximate surface area is 248 Å². The van der Waals surface area contributed by atoms with Crippen molar-refractivity contribution in [3.05, 3.63) is 87.5 Å². The number of ether oxygens (including phenoxy) is 2. The van der Waals surface area contributed by atoms with E-state index in [1.165, 1.54) is 39.0 Å². The maximum absolute atomic E-state index is 9.56. The highest BCUT2D eigenvalue weighted by molar-refractivity contribution is 5.55. The van der Waals surface area contributed by atoms with Gasteiger partial charge in [-0.2, -0.15) is 0 Å². The molecule has 0 unspecified atom stereocenters. The Morgan fingerprint density at radius 1 is 0.951 bits per heavy atom. The standard InChI is InChI=1S/C37H51NO3/c1-27(2)10-7-11-28(3)12-8-13-29(4)14-9-21-37(6)22-19-33-34-25-38(23-20-31-15-17-32(39)18-16-31)26-40-35(34)24-30(5)36(33)41-37/h10,12,14-18,24,39H,7-9,11,13,19-23,25-26H2,1-6H3/t37-/m1/s1. The van der Waals surface area contributed by atoms with Crippen molar-refractivity contribution >= 4 is 0 Å². The molecule has 1 N–H and O–H groups in total. The lowest BCUT2D eigenvalue weighted by molar-refractivity contribution is 0.0526. The van der Waals surface area contributed by atoms with Crippen molar-refractivity contribution in [1.82, 2.24) is 4.90 Å². The van der Waals surface area contributed by atoms with E-state index in [0.29, 0.717) is 12.5 Å². The molecule has 0 aliphatic carbocycles. The van der Waals surface area contributed by atoms with E-state index in [2.05, 4.69) is 70.7 Å². The summed E-state index contributed by atoms with van der Waals surface area (Å²) in [5.41, 5.74) is 9.29. The van der Waals surface area contributed by atoms with Gasteiger partial charge in [0, 0.05) is 24.2 Å². The van der Waals surface area contributed by atoms with Crippen LogP contribution in [0.2, 0.25) is 0 Å². The molecule has 4 heteroatoms. The Morgan fingerprint density at radius 3 is 2.34 bits per heavy atom. The van der Waals surface area contributed by atoms with E-state index in [-0.39, 0.29) is 5.60 Å². The molecule has 0 radical (unpaired) electrons. The lowest BCUT2D eigenvalue weighted by Gasteiger charge is -2.39. The van der Waals surface area contributed by atoms with E-state index in [1.807, 2.05) is 12.1 Å². The van der Waals surface area contributed by atoms with Crippen LogP contribution in [0.5, 0.6) is 17.2 Å². The van der Waals surface area contributed by atoms with Gasteiger partial charge in [0.1, 0.15) is 29.6 Å². The predicted octanol–water partition coefficient (Wildman–Crippen LogP) is 9.38. The van der Waals surface area contributed by atoms with Crippen LogP contribution in [-0.4, -0.2) is 28.9 Å². The number of fused-ring (bicyclic) bond motifs is 3. The smallest absolute Gasteiger partial charge is 0.142 e. The Balaban J connectivity index is 1.30. The average Bonchev–Trinajstić information content (AvgIpc) is 2.93. The van der Waals surface area contributed by atoms with E-state index >= 15 is 0 Å². The van der Waals surface area contributed by atoms with Crippen LogP contribution in [0.25, 0.3) is 0 Å². The second-order valence-electron chi connectivity index (χ2n) is 12.8. The normalized spacial score (nSPS) is 19.2. The Bertz CT molecular complexity index is 1270. The zero-order valence-electron chi connectivity index (χ0n) is 26.3. The Hall–Kier alpha value is -2.98. The number of nitrogens with zero attached hydrogens (tertiary/aromatic N) is 1. The monoisotopic (exact) mass is 557 g/mol. The molecule has 0 saturated heterocycles. The van der Waals surface area contributed by atoms with E-state index in [1.54, 1.807) is 12.1 Å². The minimum Gasteiger partial charge on any atom is -0.508 e. The number of phenols is 1. The molecule has 0 fully saturated rings. The molecule has 4 nitrogen and oxygen atoms in total. The van der Waals surface area contributed by atoms with E-state index in [4.69, 9.17) is 9.47 Å². The van der Waals surface area contributed by atoms with Crippen LogP contribution in [0.15, 0.2) is 65.3 Å². The van der Waals surface area contributed by atoms with Gasteiger partial charge in [-0.25, -0.2) is 0 Å². The van der Waals surface area contributed by atoms with Crippen molar-refractivity contribution in [1.29, 1.82) is 0 Å². The van der Waals surface area contributed by atoms with Crippen LogP contribution in [0.4, 0.5) is 0 Å². The maximum Gasteiger partial charge on any atom is 0.142 e. The fourth-order valence-electron chi connectivity index (χ4n) is 5.93. The first kappa shape index (κ1) is 31.0. The number of aromatic hydroxyl groups is 1. The van der Waals surface area contributed by atoms with Gasteiger partial charge >= 0.3 is 0 Å². The van der Waals surface area contributed by atoms with E-state index < -0.39 is 0 Å². The predicted molar refractivity (Wildman–Crippen MR) is 171 cm³/mol. The zero-order valence-corrected chi connectivity index (χ0v) is 26.3. The number of phenolic OH excluding ortho intramolecular Hbond substituents is 1. The van der Waals surface area contributed by atoms with E-state index in [9.17, 15) is 5.11 Å². The lowest BCUT2D eigenvalue weighted by atomic mass is 9.85. The van der Waals surface area contributed by atoms with Gasteiger partial charge in [-0.15, -0.1) is 0 Å². The molecule has 0 saturated carbocycles. The molecule has 2 heterocycles. The minimum absolute atomic E-state index is 0.141. The van der Waals surface area contributed by atoms with Crippen LogP contribution in [0.1, 0.15) is 102 Å². The summed E-state index contributed by atoms with van der Waals surface area (Å²) in [4.78, 5) is 2.37. The third-order valence-corrected chi connectivity index (χ3v) is 8.62. The number of hydrogen-bond donors (Lipinski definition) is 1. The molecule has 0 aromatic heterocycles. The quantitative estimate of drug-likeness (QED) is 0.264. The summed E-state index contributed by atoms with van der Waals surface area (Å²) in [6.45, 7) is 15.7. The molecular weight excluding hydrogens is 506 g/mol. The van der Waals surface area contributed by atoms with Crippen LogP contribution in [0.3, 0.4) is 0 Å². The molecule has 2 aromatic carbocycles. The highest BCUT2D eigenvalue weighted by Crippen LogP contribution is 2.44. The van der Waals surface area contributed by atoms with E-state index in [0.717, 1.165) is 82.4 Å². The molecule has 1 atom stereocenters. The molecule has 0 bridgehead atoms. The van der Waals surface area contributed by atoms with Crippen molar-refractivity contribution in [2.45, 2.75) is 111 Å². The van der Waals surface area contributed by atoms with Crippen molar-refractivity contribution in [3.8, 4) is 17.2 Å². The first-order valence-corrected chi connectivity index (χ1v) is 15.5. The highest BCUT2D eigenvalue weighted by atomic mass is 16.5. The Morgan fingerprint density at radius 2 is 1.63 bits per heavy atom. The number of aryl methyl sites for hydroxylation is 1. The molecule has 4 rings (SSSR count). The van der Waals surface area contributed by atoms with Crippen molar-refractivity contribution in [3.63, 3.8) is 0 Å². The minimum atomic E-state index is -0.141. The topological polar surface area (TPSA) is 41.9 Å². The molecule has 41 heavy (non-hydrogen) atoms. The van der Waals surface area contributed by atoms with Gasteiger partial charge in [-0.05, 0) is 129 Å². The van der Waals surface area contributed by atoms with Gasteiger partial charge in [0.25, 0.3) is 0 Å². The van der Waals surface area contributed by atoms with Gasteiger partial charge in [-0.3, -0.25) is 4.90 Å². The van der Waals surface area contributed by atoms with Crippen LogP contribution >= 0.6 is 0 Å². The summed E-state index contributed by atoms with van der Waals surface area (Å²) in [5, 5.41) is 9.56. The number of benzene rings is 2. The van der Waals surface area contributed by atoms with Crippen molar-refractivity contribution in [2.75, 3.05) is 13.3 Å². The van der Waals surface area contributed by atoms with Gasteiger partial charge in [0.05, 0.1) is 0 Å². The number of hydrogen-bond acceptors (Lipinski definition) is 4. The van der Waals surface area contributed by atoms with Crippen LogP contribution in [0, 0.1) is 6.92 Å². The number of allylic oxidation sites excluding steroid dienone is 6. The number of rotatable bonds is 12. The van der Waals surface area contributed by atoms with Crippen molar-refractivity contribution in [2.24, 2.45) is 0 Å². The molecule has 2 aliphatic rings. The Kier molecular flexibility index (Phi) is 10.8. The second kappa shape index (κ2) is 14.3. The van der Waals surface area contributed by atoms with Gasteiger partial charge in [0.2, 0.25) is 0 Å². The largest absolute Gasteiger partial charge is 0.508 e. The SMILES string of the molecule is CC(C)=CCCC(C)=CCCC(C)=CCC[C@]1(C)CCc2c3c(cc(C)c2O1)OCN(CCc1ccc(O)cc1)C3. The lowest BCUT2D eigenvalue weighted by Crippen LogP contribution is -2.39. The zero-order chi connectivity index (χ0) is 29.4. The first-order chi connectivity index (χ1) is 19.6. The first-order valence-electron chi connectivity index (χ1n) is 15.5. The fraction of sp³-hybridized carbons (Fsp3) is 0.514. The molecule has 2 aromatic rings. The fourth-order valence-corrected chi connectivity index (χ4v) is 5.93. The molecular formula is C37H51NO3. The molecule has 222 valence electrons. The average molecular weight is 558 g/mol. The van der Waals surface area contributed by atoms with Crippen LogP contribution in [-0.2, 0) is 19.4 Å². The van der Waals surface area contributed by atoms with Crippen LogP contribution < -0.4 is 9.47 Å². The summed E-state index contributed by atoms with van der Waals surface area (Å²) in [5.74, 6) is 2.42. The second-order valence-corrected chi connectivity index (χ2v) is 12.8. The third-order valence-electron chi connectivity index (χ3n) is 8.62. The summed E-state index contributed by atoms with van der Waals surface area (Å²) in [6, 6.07) is 9.69. The molecule has 0 spiro atoms. The van der Waals surface area contributed by atoms with Gasteiger partial charge in [-0.1, -0.05) is 47.1 Å². The summed E-state index contributed by atoms with van der Waals surface area (Å²) in [7, 11) is 0. The van der Waals surface area contributed by atoms with Gasteiger partial charge in [0.15, 0.2) is 0 Å². The van der Waals surface area contributed by atoms with Crippen molar-refractivity contribution < 1.29 is 14.6 Å². The summed E-state index contributed by atoms with van der Waals surface area (Å²) < 4.78 is 13.0. The molecule has 0 amide bonds. The third kappa shape index (κ3) is 9.00. The summed E-state index contributed by atoms with van der Waals surface area (Å²) >= 11 is 0. The maximum atomic E-state index is 9.56. The highest BCUT2D eigenvalue weighted by Gasteiger charge is 2.35.